The van der Waals surface area contributed by atoms with E-state index in [0.29, 0.717) is 11.5 Å². The lowest BCUT2D eigenvalue weighted by molar-refractivity contribution is -0.113. The third kappa shape index (κ3) is 4.26. The predicted molar refractivity (Wildman–Crippen MR) is 122 cm³/mol. The summed E-state index contributed by atoms with van der Waals surface area (Å²) < 4.78 is 1.83. The number of aromatic nitrogens is 3. The molecule has 1 aliphatic heterocycles. The van der Waals surface area contributed by atoms with E-state index in [4.69, 9.17) is 5.10 Å². The van der Waals surface area contributed by atoms with Gasteiger partial charge in [0.2, 0.25) is 11.1 Å². The van der Waals surface area contributed by atoms with Gasteiger partial charge < -0.3 is 10.6 Å². The molecule has 1 amide bonds. The maximum Gasteiger partial charge on any atom is 0.255 e. The van der Waals surface area contributed by atoms with Crippen LogP contribution in [0.1, 0.15) is 38.3 Å². The fourth-order valence-electron chi connectivity index (χ4n) is 3.46. The molecular formula is C23H25N5OS. The Morgan fingerprint density at radius 1 is 1.13 bits per heavy atom. The minimum Gasteiger partial charge on any atom is -0.328 e. The van der Waals surface area contributed by atoms with Gasteiger partial charge in [0.15, 0.2) is 0 Å². The lowest BCUT2D eigenvalue weighted by Crippen LogP contribution is -2.31. The summed E-state index contributed by atoms with van der Waals surface area (Å²) in [5.74, 6) is 1.49. The standard InChI is InChI=1S/C23H25N5OS/c1-3-4-15-30-23-26-22-24-16(2)19(21(29)25-18-13-9-6-10-14-18)20(28(22)27-23)17-11-7-5-8-12-17/h5-14,20H,3-4,15H2,1-2H3,(H,25,29)(H,24,26,27). The van der Waals surface area contributed by atoms with Gasteiger partial charge in [0, 0.05) is 17.1 Å². The molecule has 2 N–H and O–H groups in total. The predicted octanol–water partition coefficient (Wildman–Crippen LogP) is 5.10. The number of thioether (sulfide) groups is 1. The van der Waals surface area contributed by atoms with Crippen molar-refractivity contribution in [3.05, 3.63) is 77.5 Å². The molecule has 1 aliphatic rings. The maximum absolute atomic E-state index is 13.3. The molecule has 0 radical (unpaired) electrons. The van der Waals surface area contributed by atoms with Crippen molar-refractivity contribution in [2.24, 2.45) is 0 Å². The summed E-state index contributed by atoms with van der Waals surface area (Å²) in [6.45, 7) is 4.09. The SMILES string of the molecule is CCCCSc1nc2n(n1)C(c1ccccc1)C(C(=O)Nc1ccccc1)=C(C)N2. The first-order valence-corrected chi connectivity index (χ1v) is 11.1. The fourth-order valence-corrected chi connectivity index (χ4v) is 4.37. The Labute approximate surface area is 180 Å². The largest absolute Gasteiger partial charge is 0.328 e. The van der Waals surface area contributed by atoms with Gasteiger partial charge in [-0.15, -0.1) is 5.10 Å². The van der Waals surface area contributed by atoms with Gasteiger partial charge in [-0.3, -0.25) is 4.79 Å². The number of carbonyl (C=O) groups is 1. The van der Waals surface area contributed by atoms with Crippen LogP contribution < -0.4 is 10.6 Å². The van der Waals surface area contributed by atoms with Crippen LogP contribution in [0.15, 0.2) is 77.1 Å². The number of hydrogen-bond donors (Lipinski definition) is 2. The average Bonchev–Trinajstić information content (AvgIpc) is 3.16. The number of rotatable bonds is 7. The second kappa shape index (κ2) is 9.17. The van der Waals surface area contributed by atoms with Gasteiger partial charge >= 0.3 is 0 Å². The van der Waals surface area contributed by atoms with Gasteiger partial charge in [-0.1, -0.05) is 73.6 Å². The molecule has 0 spiro atoms. The molecule has 0 bridgehead atoms. The second-order valence-corrected chi connectivity index (χ2v) is 8.22. The van der Waals surface area contributed by atoms with Crippen molar-refractivity contribution in [2.75, 3.05) is 16.4 Å². The highest BCUT2D eigenvalue weighted by Crippen LogP contribution is 2.36. The summed E-state index contributed by atoms with van der Waals surface area (Å²) >= 11 is 1.65. The van der Waals surface area contributed by atoms with E-state index in [2.05, 4.69) is 22.5 Å². The molecule has 3 aromatic rings. The number of fused-ring (bicyclic) bond motifs is 1. The number of benzene rings is 2. The number of nitrogens with one attached hydrogen (secondary N) is 2. The lowest BCUT2D eigenvalue weighted by atomic mass is 9.95. The highest BCUT2D eigenvalue weighted by Gasteiger charge is 2.34. The van der Waals surface area contributed by atoms with E-state index in [1.165, 1.54) is 0 Å². The van der Waals surface area contributed by atoms with Crippen LogP contribution in [0.3, 0.4) is 0 Å². The molecule has 4 rings (SSSR count). The maximum atomic E-state index is 13.3. The second-order valence-electron chi connectivity index (χ2n) is 7.16. The smallest absolute Gasteiger partial charge is 0.255 e. The van der Waals surface area contributed by atoms with Crippen LogP contribution in [0.25, 0.3) is 0 Å². The molecular weight excluding hydrogens is 394 g/mol. The molecule has 154 valence electrons. The van der Waals surface area contributed by atoms with Crippen LogP contribution in [-0.4, -0.2) is 26.4 Å². The molecule has 0 aliphatic carbocycles. The zero-order valence-electron chi connectivity index (χ0n) is 17.1. The molecule has 2 heterocycles. The summed E-state index contributed by atoms with van der Waals surface area (Å²) in [6, 6.07) is 19.1. The van der Waals surface area contributed by atoms with E-state index in [1.54, 1.807) is 11.8 Å². The van der Waals surface area contributed by atoms with E-state index >= 15 is 0 Å². The van der Waals surface area contributed by atoms with Gasteiger partial charge in [-0.2, -0.15) is 4.98 Å². The van der Waals surface area contributed by atoms with Gasteiger partial charge in [0.1, 0.15) is 6.04 Å². The monoisotopic (exact) mass is 419 g/mol. The van der Waals surface area contributed by atoms with Crippen LogP contribution in [0.4, 0.5) is 11.6 Å². The van der Waals surface area contributed by atoms with Crippen molar-refractivity contribution in [1.29, 1.82) is 0 Å². The van der Waals surface area contributed by atoms with E-state index in [0.717, 1.165) is 40.7 Å². The lowest BCUT2D eigenvalue weighted by Gasteiger charge is -2.28. The third-order valence-electron chi connectivity index (χ3n) is 4.95. The quantitative estimate of drug-likeness (QED) is 0.412. The Kier molecular flexibility index (Phi) is 6.18. The average molecular weight is 420 g/mol. The topological polar surface area (TPSA) is 71.8 Å². The van der Waals surface area contributed by atoms with Crippen molar-refractivity contribution in [1.82, 2.24) is 14.8 Å². The van der Waals surface area contributed by atoms with Crippen molar-refractivity contribution in [2.45, 2.75) is 37.9 Å². The molecule has 1 unspecified atom stereocenters. The van der Waals surface area contributed by atoms with Crippen LogP contribution in [0.5, 0.6) is 0 Å². The number of para-hydroxylation sites is 1. The summed E-state index contributed by atoms with van der Waals surface area (Å²) in [6.07, 6.45) is 2.25. The van der Waals surface area contributed by atoms with Crippen molar-refractivity contribution in [3.8, 4) is 0 Å². The Bertz CT molecular complexity index is 1050. The Morgan fingerprint density at radius 2 is 1.83 bits per heavy atom. The van der Waals surface area contributed by atoms with E-state index in [9.17, 15) is 4.79 Å². The van der Waals surface area contributed by atoms with Crippen LogP contribution in [0.2, 0.25) is 0 Å². The van der Waals surface area contributed by atoms with Gasteiger partial charge in [-0.05, 0) is 31.0 Å². The summed E-state index contributed by atoms with van der Waals surface area (Å²) in [5.41, 5.74) is 3.16. The van der Waals surface area contributed by atoms with E-state index in [1.807, 2.05) is 72.3 Å². The van der Waals surface area contributed by atoms with Gasteiger partial charge in [0.05, 0.1) is 5.57 Å². The number of hydrogen-bond acceptors (Lipinski definition) is 5. The first kappa shape index (κ1) is 20.2. The van der Waals surface area contributed by atoms with E-state index in [-0.39, 0.29) is 11.9 Å². The zero-order chi connectivity index (χ0) is 20.9. The van der Waals surface area contributed by atoms with Crippen LogP contribution in [0, 0.1) is 0 Å². The fraction of sp³-hybridized carbons (Fsp3) is 0.261. The summed E-state index contributed by atoms with van der Waals surface area (Å²) in [4.78, 5) is 18.0. The highest BCUT2D eigenvalue weighted by molar-refractivity contribution is 7.99. The molecule has 7 heteroatoms. The molecule has 30 heavy (non-hydrogen) atoms. The normalized spacial score (nSPS) is 15.5. The molecule has 6 nitrogen and oxygen atoms in total. The number of carbonyl (C=O) groups excluding carboxylic acids is 1. The molecule has 0 saturated heterocycles. The van der Waals surface area contributed by atoms with Crippen molar-refractivity contribution < 1.29 is 4.79 Å². The van der Waals surface area contributed by atoms with Crippen molar-refractivity contribution >= 4 is 29.3 Å². The molecule has 0 saturated carbocycles. The number of allylic oxidation sites excluding steroid dienone is 1. The molecule has 2 aromatic carbocycles. The minimum atomic E-state index is -0.348. The van der Waals surface area contributed by atoms with Crippen LogP contribution >= 0.6 is 11.8 Å². The minimum absolute atomic E-state index is 0.151. The summed E-state index contributed by atoms with van der Waals surface area (Å²) in [7, 11) is 0. The van der Waals surface area contributed by atoms with E-state index < -0.39 is 0 Å². The number of nitrogens with zero attached hydrogens (tertiary/aromatic N) is 3. The number of anilines is 2. The summed E-state index contributed by atoms with van der Waals surface area (Å²) in [5, 5.41) is 11.8. The van der Waals surface area contributed by atoms with Gasteiger partial charge in [0.25, 0.3) is 5.91 Å². The van der Waals surface area contributed by atoms with Crippen LogP contribution in [-0.2, 0) is 4.79 Å². The first-order chi connectivity index (χ1) is 14.7. The Balaban J connectivity index is 1.71. The molecule has 1 aromatic heterocycles. The number of unbranched alkanes of at least 4 members (excludes halogenated alkanes) is 1. The van der Waals surface area contributed by atoms with Crippen molar-refractivity contribution in [3.63, 3.8) is 0 Å². The molecule has 0 fully saturated rings. The Morgan fingerprint density at radius 3 is 2.53 bits per heavy atom. The molecule has 1 atom stereocenters. The van der Waals surface area contributed by atoms with Gasteiger partial charge in [-0.25, -0.2) is 4.68 Å². The highest BCUT2D eigenvalue weighted by atomic mass is 32.2. The Hall–Kier alpha value is -3.06. The third-order valence-corrected chi connectivity index (χ3v) is 5.88. The zero-order valence-corrected chi connectivity index (χ0v) is 17.9. The first-order valence-electron chi connectivity index (χ1n) is 10.2. The number of amides is 1.